The van der Waals surface area contributed by atoms with Crippen LogP contribution >= 0.6 is 35.3 Å². The summed E-state index contributed by atoms with van der Waals surface area (Å²) in [7, 11) is 1.79. The number of nitrogens with zero attached hydrogens (tertiary/aromatic N) is 3. The first kappa shape index (κ1) is 23.1. The molecule has 0 radical (unpaired) electrons. The molecule has 3 heterocycles. The van der Waals surface area contributed by atoms with Crippen molar-refractivity contribution in [1.29, 1.82) is 0 Å². The summed E-state index contributed by atoms with van der Waals surface area (Å²) in [6.07, 6.45) is 2.97. The molecule has 3 rings (SSSR count). The molecule has 0 saturated carbocycles. The SMILES string of the molecule is CCc1cnc(CNC(=NC)NCC(c2ccc(C)o2)N2CCOCC2)s1.I. The van der Waals surface area contributed by atoms with Gasteiger partial charge in [0.05, 0.1) is 25.8 Å². The van der Waals surface area contributed by atoms with Gasteiger partial charge in [-0.2, -0.15) is 0 Å². The number of aryl methyl sites for hydroxylation is 2. The molecule has 0 bridgehead atoms. The average Bonchev–Trinajstić information content (AvgIpc) is 3.34. The van der Waals surface area contributed by atoms with Gasteiger partial charge in [0.2, 0.25) is 0 Å². The summed E-state index contributed by atoms with van der Waals surface area (Å²) in [5.74, 6) is 2.68. The summed E-state index contributed by atoms with van der Waals surface area (Å²) in [6.45, 7) is 8.82. The van der Waals surface area contributed by atoms with Crippen molar-refractivity contribution in [3.05, 3.63) is 39.7 Å². The van der Waals surface area contributed by atoms with Gasteiger partial charge in [-0.05, 0) is 25.5 Å². The third-order valence-corrected chi connectivity index (χ3v) is 5.76. The summed E-state index contributed by atoms with van der Waals surface area (Å²) in [5.41, 5.74) is 0. The molecule has 156 valence electrons. The van der Waals surface area contributed by atoms with Gasteiger partial charge in [0, 0.05) is 37.8 Å². The second kappa shape index (κ2) is 11.7. The van der Waals surface area contributed by atoms with Crippen molar-refractivity contribution < 1.29 is 9.15 Å². The number of ether oxygens (including phenoxy) is 1. The molecule has 0 aliphatic carbocycles. The Morgan fingerprint density at radius 1 is 1.32 bits per heavy atom. The van der Waals surface area contributed by atoms with Gasteiger partial charge in [0.1, 0.15) is 16.5 Å². The van der Waals surface area contributed by atoms with Crippen LogP contribution < -0.4 is 10.6 Å². The van der Waals surface area contributed by atoms with E-state index in [2.05, 4.69) is 38.5 Å². The van der Waals surface area contributed by atoms with Gasteiger partial charge in [0.15, 0.2) is 5.96 Å². The lowest BCUT2D eigenvalue weighted by atomic mass is 10.1. The summed E-state index contributed by atoms with van der Waals surface area (Å²) < 4.78 is 11.4. The number of halogens is 1. The summed E-state index contributed by atoms with van der Waals surface area (Å²) >= 11 is 1.74. The Kier molecular flexibility index (Phi) is 9.69. The van der Waals surface area contributed by atoms with Crippen LogP contribution in [0, 0.1) is 6.92 Å². The average molecular weight is 519 g/mol. The largest absolute Gasteiger partial charge is 0.465 e. The number of morpholine rings is 1. The Morgan fingerprint density at radius 2 is 2.11 bits per heavy atom. The van der Waals surface area contributed by atoms with Crippen molar-refractivity contribution in [3.8, 4) is 0 Å². The van der Waals surface area contributed by atoms with E-state index in [-0.39, 0.29) is 30.0 Å². The Hall–Kier alpha value is -1.17. The highest BCUT2D eigenvalue weighted by Gasteiger charge is 2.25. The fourth-order valence-corrected chi connectivity index (χ4v) is 3.90. The Bertz CT molecular complexity index is 742. The number of rotatable bonds is 7. The summed E-state index contributed by atoms with van der Waals surface area (Å²) in [4.78, 5) is 12.5. The number of aliphatic imine (C=N–C) groups is 1. The van der Waals surface area contributed by atoms with Crippen LogP contribution in [0.2, 0.25) is 0 Å². The minimum atomic E-state index is 0. The first-order valence-corrected chi connectivity index (χ1v) is 10.3. The monoisotopic (exact) mass is 519 g/mol. The molecule has 7 nitrogen and oxygen atoms in total. The number of hydrogen-bond donors (Lipinski definition) is 2. The zero-order valence-electron chi connectivity index (χ0n) is 16.7. The van der Waals surface area contributed by atoms with Crippen LogP contribution in [-0.2, 0) is 17.7 Å². The molecule has 1 aliphatic rings. The lowest BCUT2D eigenvalue weighted by molar-refractivity contribution is 0.0124. The quantitative estimate of drug-likeness (QED) is 0.333. The maximum Gasteiger partial charge on any atom is 0.191 e. The highest BCUT2D eigenvalue weighted by Crippen LogP contribution is 2.23. The smallest absolute Gasteiger partial charge is 0.191 e. The molecule has 1 fully saturated rings. The Labute approximate surface area is 188 Å². The number of furan rings is 1. The van der Waals surface area contributed by atoms with Crippen LogP contribution in [0.15, 0.2) is 27.7 Å². The van der Waals surface area contributed by atoms with E-state index in [1.807, 2.05) is 19.2 Å². The second-order valence-corrected chi connectivity index (χ2v) is 7.69. The van der Waals surface area contributed by atoms with Crippen molar-refractivity contribution in [1.82, 2.24) is 20.5 Å². The lowest BCUT2D eigenvalue weighted by Gasteiger charge is -2.33. The molecule has 9 heteroatoms. The molecule has 28 heavy (non-hydrogen) atoms. The molecule has 1 unspecified atom stereocenters. The predicted octanol–water partition coefficient (Wildman–Crippen LogP) is 2.96. The Morgan fingerprint density at radius 3 is 2.71 bits per heavy atom. The van der Waals surface area contributed by atoms with Gasteiger partial charge in [-0.1, -0.05) is 6.92 Å². The normalized spacial score (nSPS) is 16.5. The molecule has 1 aliphatic heterocycles. The van der Waals surface area contributed by atoms with Crippen LogP contribution in [0.5, 0.6) is 0 Å². The maximum absolute atomic E-state index is 5.92. The van der Waals surface area contributed by atoms with Crippen molar-refractivity contribution in [3.63, 3.8) is 0 Å². The van der Waals surface area contributed by atoms with Crippen LogP contribution in [0.1, 0.15) is 34.4 Å². The second-order valence-electron chi connectivity index (χ2n) is 6.49. The fourth-order valence-electron chi connectivity index (χ4n) is 3.10. The van der Waals surface area contributed by atoms with Gasteiger partial charge in [-0.25, -0.2) is 4.98 Å². The number of thiazole rings is 1. The van der Waals surface area contributed by atoms with Crippen molar-refractivity contribution in [2.75, 3.05) is 39.9 Å². The van der Waals surface area contributed by atoms with E-state index in [9.17, 15) is 0 Å². The molecular formula is C19H30IN5O2S. The molecule has 0 aromatic carbocycles. The van der Waals surface area contributed by atoms with Gasteiger partial charge in [-0.3, -0.25) is 9.89 Å². The number of guanidine groups is 1. The van der Waals surface area contributed by atoms with Gasteiger partial charge in [-0.15, -0.1) is 35.3 Å². The first-order chi connectivity index (χ1) is 13.2. The van der Waals surface area contributed by atoms with Crippen LogP contribution in [0.4, 0.5) is 0 Å². The molecule has 0 spiro atoms. The van der Waals surface area contributed by atoms with Crippen molar-refractivity contribution in [2.45, 2.75) is 32.9 Å². The van der Waals surface area contributed by atoms with Gasteiger partial charge < -0.3 is 19.8 Å². The number of hydrogen-bond acceptors (Lipinski definition) is 6. The molecule has 2 aromatic rings. The van der Waals surface area contributed by atoms with E-state index in [1.165, 1.54) is 4.88 Å². The molecule has 2 N–H and O–H groups in total. The van der Waals surface area contributed by atoms with Gasteiger partial charge >= 0.3 is 0 Å². The zero-order valence-corrected chi connectivity index (χ0v) is 19.9. The van der Waals surface area contributed by atoms with Crippen molar-refractivity contribution in [2.24, 2.45) is 4.99 Å². The van der Waals surface area contributed by atoms with E-state index < -0.39 is 0 Å². The minimum Gasteiger partial charge on any atom is -0.465 e. The van der Waals surface area contributed by atoms with E-state index in [1.54, 1.807) is 18.4 Å². The van der Waals surface area contributed by atoms with E-state index in [4.69, 9.17) is 9.15 Å². The Balaban J connectivity index is 0.00000280. The number of aromatic nitrogens is 1. The third kappa shape index (κ3) is 6.43. The van der Waals surface area contributed by atoms with Gasteiger partial charge in [0.25, 0.3) is 0 Å². The standard InChI is InChI=1S/C19H29N5O2S.HI/c1-4-15-11-21-18(27-15)13-23-19(20-3)22-12-16(17-6-5-14(2)26-17)24-7-9-25-10-8-24;/h5-6,11,16H,4,7-10,12-13H2,1-3H3,(H2,20,22,23);1H. The number of nitrogens with one attached hydrogen (secondary N) is 2. The summed E-state index contributed by atoms with van der Waals surface area (Å²) in [6, 6.07) is 4.23. The lowest BCUT2D eigenvalue weighted by Crippen LogP contribution is -2.46. The fraction of sp³-hybridized carbons (Fsp3) is 0.579. The van der Waals surface area contributed by atoms with Crippen LogP contribution in [0.25, 0.3) is 0 Å². The molecule has 1 atom stereocenters. The third-order valence-electron chi connectivity index (χ3n) is 4.62. The highest BCUT2D eigenvalue weighted by molar-refractivity contribution is 14.0. The topological polar surface area (TPSA) is 74.9 Å². The first-order valence-electron chi connectivity index (χ1n) is 9.45. The molecule has 2 aromatic heterocycles. The molecule has 0 amide bonds. The molecule has 1 saturated heterocycles. The predicted molar refractivity (Wildman–Crippen MR) is 124 cm³/mol. The van der Waals surface area contributed by atoms with E-state index >= 15 is 0 Å². The maximum atomic E-state index is 5.92. The highest BCUT2D eigenvalue weighted by atomic mass is 127. The molecular weight excluding hydrogens is 489 g/mol. The van der Waals surface area contributed by atoms with Crippen LogP contribution in [0.3, 0.4) is 0 Å². The van der Waals surface area contributed by atoms with E-state index in [0.29, 0.717) is 13.1 Å². The van der Waals surface area contributed by atoms with Crippen molar-refractivity contribution >= 4 is 41.3 Å². The van der Waals surface area contributed by atoms with Crippen LogP contribution in [-0.4, -0.2) is 55.7 Å². The zero-order chi connectivity index (χ0) is 19.1. The van der Waals surface area contributed by atoms with E-state index in [0.717, 1.165) is 55.2 Å². The summed E-state index contributed by atoms with van der Waals surface area (Å²) in [5, 5.41) is 7.86. The minimum absolute atomic E-state index is 0.